The van der Waals surface area contributed by atoms with E-state index in [1.807, 2.05) is 7.05 Å². The van der Waals surface area contributed by atoms with Crippen LogP contribution in [0.5, 0.6) is 0 Å². The third-order valence-corrected chi connectivity index (χ3v) is 4.57. The highest BCUT2D eigenvalue weighted by molar-refractivity contribution is 14.0. The van der Waals surface area contributed by atoms with E-state index in [0.717, 1.165) is 43.0 Å². The molecule has 0 fully saturated rings. The van der Waals surface area contributed by atoms with E-state index in [1.54, 1.807) is 0 Å². The maximum Gasteiger partial charge on any atom is 0.191 e. The van der Waals surface area contributed by atoms with E-state index < -0.39 is 0 Å². The summed E-state index contributed by atoms with van der Waals surface area (Å²) in [6, 6.07) is 0. The third kappa shape index (κ3) is 7.92. The molecule has 0 aromatic carbocycles. The van der Waals surface area contributed by atoms with Crippen LogP contribution in [0.15, 0.2) is 4.99 Å². The highest BCUT2D eigenvalue weighted by atomic mass is 127. The quantitative estimate of drug-likeness (QED) is 0.255. The largest absolute Gasteiger partial charge is 0.356 e. The Morgan fingerprint density at radius 3 is 2.68 bits per heavy atom. The zero-order chi connectivity index (χ0) is 17.2. The lowest BCUT2D eigenvalue weighted by atomic mass is 10.0. The van der Waals surface area contributed by atoms with E-state index in [9.17, 15) is 0 Å². The number of unbranched alkanes of at least 4 members (excludes halogenated alkanes) is 3. The Bertz CT molecular complexity index is 512. The molecule has 0 unspecified atom stereocenters. The molecule has 0 amide bonds. The van der Waals surface area contributed by atoms with Crippen LogP contribution in [0.2, 0.25) is 0 Å². The lowest BCUT2D eigenvalue weighted by Gasteiger charge is -2.16. The summed E-state index contributed by atoms with van der Waals surface area (Å²) in [6.07, 6.45) is 10.0. The molecule has 1 aromatic rings. The lowest BCUT2D eigenvalue weighted by Crippen LogP contribution is -2.38. The van der Waals surface area contributed by atoms with Gasteiger partial charge in [-0.2, -0.15) is 0 Å². The van der Waals surface area contributed by atoms with Crippen molar-refractivity contribution in [3.63, 3.8) is 0 Å². The number of aliphatic imine (C=N–C) groups is 1. The first kappa shape index (κ1) is 22.2. The van der Waals surface area contributed by atoms with Crippen LogP contribution >= 0.6 is 24.0 Å². The molecule has 2 heterocycles. The number of hydrogen-bond donors (Lipinski definition) is 2. The van der Waals surface area contributed by atoms with E-state index in [1.165, 1.54) is 44.9 Å². The first-order valence-electron chi connectivity index (χ1n) is 9.56. The number of hydrogen-bond acceptors (Lipinski definition) is 3. The molecule has 0 radical (unpaired) electrons. The van der Waals surface area contributed by atoms with Gasteiger partial charge in [-0.05, 0) is 25.2 Å². The Kier molecular flexibility index (Phi) is 11.1. The van der Waals surface area contributed by atoms with Gasteiger partial charge < -0.3 is 15.2 Å². The highest BCUT2D eigenvalue weighted by Gasteiger charge is 2.15. The zero-order valence-electron chi connectivity index (χ0n) is 16.1. The fourth-order valence-electron chi connectivity index (χ4n) is 3.12. The van der Waals surface area contributed by atoms with Crippen LogP contribution in [-0.2, 0) is 19.5 Å². The van der Waals surface area contributed by atoms with Crippen LogP contribution in [0, 0.1) is 5.92 Å². The molecule has 25 heavy (non-hydrogen) atoms. The highest BCUT2D eigenvalue weighted by Crippen LogP contribution is 2.14. The van der Waals surface area contributed by atoms with Crippen molar-refractivity contribution in [3.05, 3.63) is 11.6 Å². The summed E-state index contributed by atoms with van der Waals surface area (Å²) in [5, 5.41) is 15.4. The summed E-state index contributed by atoms with van der Waals surface area (Å²) in [5.74, 6) is 3.82. The molecule has 7 heteroatoms. The van der Waals surface area contributed by atoms with E-state index >= 15 is 0 Å². The van der Waals surface area contributed by atoms with E-state index in [0.29, 0.717) is 6.54 Å². The van der Waals surface area contributed by atoms with Gasteiger partial charge in [-0.15, -0.1) is 34.2 Å². The molecule has 0 aliphatic carbocycles. The minimum Gasteiger partial charge on any atom is -0.356 e. The van der Waals surface area contributed by atoms with Crippen molar-refractivity contribution in [1.29, 1.82) is 0 Å². The fourth-order valence-corrected chi connectivity index (χ4v) is 3.12. The molecule has 1 aliphatic heterocycles. The molecule has 0 spiro atoms. The van der Waals surface area contributed by atoms with Gasteiger partial charge >= 0.3 is 0 Å². The standard InChI is InChI=1S/C18H34N6.HI/c1-15(2)10-6-4-5-8-12-20-18(19-3)21-14-17-23-22-16-11-7-9-13-24(16)17;/h15H,4-14H2,1-3H3,(H2,19,20,21);1H. The Hall–Kier alpha value is -0.860. The third-order valence-electron chi connectivity index (χ3n) is 4.57. The van der Waals surface area contributed by atoms with Crippen molar-refractivity contribution in [1.82, 2.24) is 25.4 Å². The molecule has 0 bridgehead atoms. The van der Waals surface area contributed by atoms with Gasteiger partial charge in [0, 0.05) is 26.6 Å². The van der Waals surface area contributed by atoms with Gasteiger partial charge in [0.15, 0.2) is 11.8 Å². The summed E-state index contributed by atoms with van der Waals surface area (Å²) >= 11 is 0. The second-order valence-corrected chi connectivity index (χ2v) is 7.09. The molecule has 0 saturated heterocycles. The fraction of sp³-hybridized carbons (Fsp3) is 0.833. The second kappa shape index (κ2) is 12.5. The Morgan fingerprint density at radius 2 is 1.92 bits per heavy atom. The molecule has 0 saturated carbocycles. The molecular weight excluding hydrogens is 427 g/mol. The second-order valence-electron chi connectivity index (χ2n) is 7.09. The molecular formula is C18H35IN6. The van der Waals surface area contributed by atoms with Crippen molar-refractivity contribution in [2.24, 2.45) is 10.9 Å². The summed E-state index contributed by atoms with van der Waals surface area (Å²) in [4.78, 5) is 4.29. The van der Waals surface area contributed by atoms with Gasteiger partial charge in [0.05, 0.1) is 6.54 Å². The molecule has 2 rings (SSSR count). The van der Waals surface area contributed by atoms with Crippen molar-refractivity contribution in [2.75, 3.05) is 13.6 Å². The predicted octanol–water partition coefficient (Wildman–Crippen LogP) is 3.50. The number of guanidine groups is 1. The Morgan fingerprint density at radius 1 is 1.12 bits per heavy atom. The van der Waals surface area contributed by atoms with Crippen molar-refractivity contribution in [3.8, 4) is 0 Å². The van der Waals surface area contributed by atoms with Crippen LogP contribution < -0.4 is 10.6 Å². The zero-order valence-corrected chi connectivity index (χ0v) is 18.4. The number of aromatic nitrogens is 3. The number of nitrogens with one attached hydrogen (secondary N) is 2. The maximum atomic E-state index is 4.32. The van der Waals surface area contributed by atoms with Gasteiger partial charge in [0.1, 0.15) is 5.82 Å². The molecule has 1 aliphatic rings. The molecule has 0 atom stereocenters. The summed E-state index contributed by atoms with van der Waals surface area (Å²) in [6.45, 7) is 7.29. The monoisotopic (exact) mass is 462 g/mol. The van der Waals surface area contributed by atoms with Gasteiger partial charge in [-0.1, -0.05) is 39.5 Å². The number of fused-ring (bicyclic) bond motifs is 1. The summed E-state index contributed by atoms with van der Waals surface area (Å²) < 4.78 is 2.25. The van der Waals surface area contributed by atoms with Crippen LogP contribution in [0.25, 0.3) is 0 Å². The smallest absolute Gasteiger partial charge is 0.191 e. The number of nitrogens with zero attached hydrogens (tertiary/aromatic N) is 4. The van der Waals surface area contributed by atoms with Gasteiger partial charge in [0.2, 0.25) is 0 Å². The minimum absolute atomic E-state index is 0. The number of rotatable bonds is 9. The van der Waals surface area contributed by atoms with E-state index in [2.05, 4.69) is 44.2 Å². The van der Waals surface area contributed by atoms with E-state index in [4.69, 9.17) is 0 Å². The predicted molar refractivity (Wildman–Crippen MR) is 114 cm³/mol. The van der Waals surface area contributed by atoms with Crippen LogP contribution in [0.4, 0.5) is 0 Å². The van der Waals surface area contributed by atoms with Crippen LogP contribution in [0.3, 0.4) is 0 Å². The van der Waals surface area contributed by atoms with Gasteiger partial charge in [0.25, 0.3) is 0 Å². The van der Waals surface area contributed by atoms with Gasteiger partial charge in [-0.25, -0.2) is 0 Å². The molecule has 1 aromatic heterocycles. The number of halogens is 1. The summed E-state index contributed by atoms with van der Waals surface area (Å²) in [7, 11) is 1.82. The Balaban J connectivity index is 0.00000312. The number of aryl methyl sites for hydroxylation is 1. The molecule has 6 nitrogen and oxygen atoms in total. The first-order valence-corrected chi connectivity index (χ1v) is 9.56. The van der Waals surface area contributed by atoms with Gasteiger partial charge in [-0.3, -0.25) is 4.99 Å². The van der Waals surface area contributed by atoms with Crippen molar-refractivity contribution >= 4 is 29.9 Å². The lowest BCUT2D eigenvalue weighted by molar-refractivity contribution is 0.504. The average Bonchev–Trinajstić information content (AvgIpc) is 2.99. The SMILES string of the molecule is CN=C(NCCCCCCC(C)C)NCc1nnc2n1CCCC2.I. The average molecular weight is 462 g/mol. The minimum atomic E-state index is 0. The van der Waals surface area contributed by atoms with Crippen LogP contribution in [0.1, 0.15) is 70.4 Å². The Labute approximate surface area is 169 Å². The normalized spacial score (nSPS) is 14.2. The summed E-state index contributed by atoms with van der Waals surface area (Å²) in [5.41, 5.74) is 0. The first-order chi connectivity index (χ1) is 11.7. The van der Waals surface area contributed by atoms with E-state index in [-0.39, 0.29) is 24.0 Å². The van der Waals surface area contributed by atoms with Crippen molar-refractivity contribution < 1.29 is 0 Å². The molecule has 2 N–H and O–H groups in total. The maximum absolute atomic E-state index is 4.32. The molecule has 144 valence electrons. The van der Waals surface area contributed by atoms with Crippen LogP contribution in [-0.4, -0.2) is 34.3 Å². The van der Waals surface area contributed by atoms with Crippen molar-refractivity contribution in [2.45, 2.75) is 78.3 Å². The topological polar surface area (TPSA) is 67.1 Å².